The fourth-order valence-corrected chi connectivity index (χ4v) is 2.19. The lowest BCUT2D eigenvalue weighted by atomic mass is 9.88. The maximum atomic E-state index is 12.3. The van der Waals surface area contributed by atoms with Crippen LogP contribution in [-0.4, -0.2) is 19.4 Å². The van der Waals surface area contributed by atoms with Gasteiger partial charge in [-0.15, -0.1) is 0 Å². The summed E-state index contributed by atoms with van der Waals surface area (Å²) in [6.45, 7) is 4.88. The van der Waals surface area contributed by atoms with Gasteiger partial charge in [0.2, 0.25) is 0 Å². The van der Waals surface area contributed by atoms with Crippen molar-refractivity contribution >= 4 is 21.7 Å². The van der Waals surface area contributed by atoms with E-state index >= 15 is 0 Å². The molecule has 1 aromatic carbocycles. The zero-order valence-electron chi connectivity index (χ0n) is 9.96. The van der Waals surface area contributed by atoms with Crippen molar-refractivity contribution in [2.75, 3.05) is 13.6 Å². The third-order valence-electron chi connectivity index (χ3n) is 2.70. The van der Waals surface area contributed by atoms with E-state index in [4.69, 9.17) is 0 Å². The predicted molar refractivity (Wildman–Crippen MR) is 70.7 cm³/mol. The monoisotopic (exact) mass is 283 g/mol. The molecule has 0 bridgehead atoms. The molecule has 0 spiro atoms. The van der Waals surface area contributed by atoms with Crippen LogP contribution in [0.1, 0.15) is 24.2 Å². The van der Waals surface area contributed by atoms with E-state index in [2.05, 4.69) is 35.1 Å². The standard InChI is InChI=1S/C13H18BrNO/c1-9(2)11(8-15-3)13(16)10-6-4-5-7-12(10)14/h4-7,9,11,15H,8H2,1-3H3. The Morgan fingerprint density at radius 3 is 2.50 bits per heavy atom. The Morgan fingerprint density at radius 2 is 2.00 bits per heavy atom. The van der Waals surface area contributed by atoms with Crippen LogP contribution >= 0.6 is 15.9 Å². The molecule has 0 aliphatic heterocycles. The van der Waals surface area contributed by atoms with Crippen LogP contribution in [0, 0.1) is 11.8 Å². The van der Waals surface area contributed by atoms with Crippen molar-refractivity contribution in [3.63, 3.8) is 0 Å². The highest BCUT2D eigenvalue weighted by Gasteiger charge is 2.23. The highest BCUT2D eigenvalue weighted by atomic mass is 79.9. The number of halogens is 1. The first-order valence-electron chi connectivity index (χ1n) is 5.51. The van der Waals surface area contributed by atoms with Crippen molar-refractivity contribution in [1.82, 2.24) is 5.32 Å². The molecule has 1 aromatic rings. The largest absolute Gasteiger partial charge is 0.319 e. The van der Waals surface area contributed by atoms with Gasteiger partial charge in [0.15, 0.2) is 5.78 Å². The quantitative estimate of drug-likeness (QED) is 0.842. The van der Waals surface area contributed by atoms with Gasteiger partial charge in [-0.1, -0.05) is 48.0 Å². The van der Waals surface area contributed by atoms with Gasteiger partial charge in [0.1, 0.15) is 0 Å². The Hall–Kier alpha value is -0.670. The van der Waals surface area contributed by atoms with Gasteiger partial charge in [-0.25, -0.2) is 0 Å². The summed E-state index contributed by atoms with van der Waals surface area (Å²) in [6.07, 6.45) is 0. The smallest absolute Gasteiger partial charge is 0.168 e. The average Bonchev–Trinajstić information content (AvgIpc) is 2.25. The minimum Gasteiger partial charge on any atom is -0.319 e. The third-order valence-corrected chi connectivity index (χ3v) is 3.40. The van der Waals surface area contributed by atoms with Crippen molar-refractivity contribution in [3.05, 3.63) is 34.3 Å². The molecule has 0 aromatic heterocycles. The Labute approximate surface area is 106 Å². The summed E-state index contributed by atoms with van der Waals surface area (Å²) in [5.41, 5.74) is 0.774. The number of hydrogen-bond acceptors (Lipinski definition) is 2. The molecule has 16 heavy (non-hydrogen) atoms. The van der Waals surface area contributed by atoms with Crippen LogP contribution in [0.5, 0.6) is 0 Å². The first kappa shape index (κ1) is 13.4. The fraction of sp³-hybridized carbons (Fsp3) is 0.462. The highest BCUT2D eigenvalue weighted by Crippen LogP contribution is 2.22. The SMILES string of the molecule is CNCC(C(=O)c1ccccc1Br)C(C)C. The van der Waals surface area contributed by atoms with Crippen molar-refractivity contribution in [2.45, 2.75) is 13.8 Å². The highest BCUT2D eigenvalue weighted by molar-refractivity contribution is 9.10. The van der Waals surface area contributed by atoms with E-state index in [1.807, 2.05) is 31.3 Å². The number of hydrogen-bond donors (Lipinski definition) is 1. The van der Waals surface area contributed by atoms with E-state index in [1.165, 1.54) is 0 Å². The fourth-order valence-electron chi connectivity index (χ4n) is 1.71. The molecule has 0 heterocycles. The van der Waals surface area contributed by atoms with Crippen LogP contribution in [-0.2, 0) is 0 Å². The molecule has 0 saturated heterocycles. The topological polar surface area (TPSA) is 29.1 Å². The molecule has 0 aliphatic carbocycles. The lowest BCUT2D eigenvalue weighted by Crippen LogP contribution is -2.30. The van der Waals surface area contributed by atoms with Gasteiger partial charge in [0.25, 0.3) is 0 Å². The van der Waals surface area contributed by atoms with Gasteiger partial charge in [-0.2, -0.15) is 0 Å². The minimum atomic E-state index is 0.0312. The van der Waals surface area contributed by atoms with E-state index in [-0.39, 0.29) is 11.7 Å². The maximum Gasteiger partial charge on any atom is 0.168 e. The van der Waals surface area contributed by atoms with Gasteiger partial charge >= 0.3 is 0 Å². The number of Topliss-reactive ketones (excluding diaryl/α,β-unsaturated/α-hetero) is 1. The number of carbonyl (C=O) groups is 1. The zero-order valence-corrected chi connectivity index (χ0v) is 11.5. The summed E-state index contributed by atoms with van der Waals surface area (Å²) in [7, 11) is 1.88. The second-order valence-electron chi connectivity index (χ2n) is 4.25. The van der Waals surface area contributed by atoms with Crippen LogP contribution in [0.3, 0.4) is 0 Å². The summed E-state index contributed by atoms with van der Waals surface area (Å²) in [5, 5.41) is 3.08. The van der Waals surface area contributed by atoms with E-state index < -0.39 is 0 Å². The predicted octanol–water partition coefficient (Wildman–Crippen LogP) is 3.12. The first-order chi connectivity index (χ1) is 7.57. The number of nitrogens with one attached hydrogen (secondary N) is 1. The van der Waals surface area contributed by atoms with Gasteiger partial charge in [-0.05, 0) is 19.0 Å². The maximum absolute atomic E-state index is 12.3. The lowest BCUT2D eigenvalue weighted by Gasteiger charge is -2.19. The molecule has 88 valence electrons. The first-order valence-corrected chi connectivity index (χ1v) is 6.30. The second-order valence-corrected chi connectivity index (χ2v) is 5.11. The Morgan fingerprint density at radius 1 is 1.38 bits per heavy atom. The molecule has 0 aliphatic rings. The Bertz CT molecular complexity index is 363. The molecule has 0 saturated carbocycles. The Kier molecular flexibility index (Phi) is 5.16. The van der Waals surface area contributed by atoms with Crippen LogP contribution in [0.15, 0.2) is 28.7 Å². The molecule has 2 nitrogen and oxygen atoms in total. The van der Waals surface area contributed by atoms with Crippen molar-refractivity contribution in [1.29, 1.82) is 0 Å². The van der Waals surface area contributed by atoms with E-state index in [1.54, 1.807) is 0 Å². The molecule has 0 radical (unpaired) electrons. The summed E-state index contributed by atoms with van der Waals surface area (Å²) in [4.78, 5) is 12.3. The molecule has 1 rings (SSSR count). The molecule has 1 N–H and O–H groups in total. The molecular weight excluding hydrogens is 266 g/mol. The molecule has 1 unspecified atom stereocenters. The number of ketones is 1. The van der Waals surface area contributed by atoms with Gasteiger partial charge in [0, 0.05) is 22.5 Å². The van der Waals surface area contributed by atoms with E-state index in [9.17, 15) is 4.79 Å². The van der Waals surface area contributed by atoms with Crippen molar-refractivity contribution in [3.8, 4) is 0 Å². The van der Waals surface area contributed by atoms with E-state index in [0.717, 1.165) is 16.6 Å². The molecular formula is C13H18BrNO. The van der Waals surface area contributed by atoms with Gasteiger partial charge in [-0.3, -0.25) is 4.79 Å². The summed E-state index contributed by atoms with van der Waals surface area (Å²) in [5.74, 6) is 0.576. The molecule has 3 heteroatoms. The average molecular weight is 284 g/mol. The normalized spacial score (nSPS) is 12.8. The van der Waals surface area contributed by atoms with Crippen molar-refractivity contribution < 1.29 is 4.79 Å². The lowest BCUT2D eigenvalue weighted by molar-refractivity contribution is 0.0885. The van der Waals surface area contributed by atoms with Crippen LogP contribution < -0.4 is 5.32 Å². The van der Waals surface area contributed by atoms with Crippen LogP contribution in [0.4, 0.5) is 0 Å². The summed E-state index contributed by atoms with van der Waals surface area (Å²) < 4.78 is 0.877. The van der Waals surface area contributed by atoms with Crippen molar-refractivity contribution in [2.24, 2.45) is 11.8 Å². The summed E-state index contributed by atoms with van der Waals surface area (Å²) in [6, 6.07) is 7.60. The molecule has 0 fully saturated rings. The molecule has 1 atom stereocenters. The van der Waals surface area contributed by atoms with Gasteiger partial charge in [0.05, 0.1) is 0 Å². The third kappa shape index (κ3) is 3.16. The number of rotatable bonds is 5. The van der Waals surface area contributed by atoms with Crippen LogP contribution in [0.25, 0.3) is 0 Å². The van der Waals surface area contributed by atoms with Gasteiger partial charge < -0.3 is 5.32 Å². The van der Waals surface area contributed by atoms with Crippen LogP contribution in [0.2, 0.25) is 0 Å². The minimum absolute atomic E-state index is 0.0312. The molecule has 0 amide bonds. The zero-order chi connectivity index (χ0) is 12.1. The number of carbonyl (C=O) groups excluding carboxylic acids is 1. The number of benzene rings is 1. The summed E-state index contributed by atoms with van der Waals surface area (Å²) >= 11 is 3.42. The Balaban J connectivity index is 2.95. The van der Waals surface area contributed by atoms with E-state index in [0.29, 0.717) is 5.92 Å². The second kappa shape index (κ2) is 6.16.